The number of thiocarbonyl (C=S) groups is 1. The number of amides is 1. The van der Waals surface area contributed by atoms with Crippen molar-refractivity contribution in [1.29, 1.82) is 0 Å². The van der Waals surface area contributed by atoms with Crippen LogP contribution < -0.4 is 14.8 Å². The summed E-state index contributed by atoms with van der Waals surface area (Å²) < 4.78 is 13.2. The van der Waals surface area contributed by atoms with Gasteiger partial charge in [0.2, 0.25) is 0 Å². The van der Waals surface area contributed by atoms with Gasteiger partial charge in [-0.2, -0.15) is 0 Å². The summed E-state index contributed by atoms with van der Waals surface area (Å²) in [5, 5.41) is 4.96. The van der Waals surface area contributed by atoms with Crippen molar-refractivity contribution in [1.82, 2.24) is 5.32 Å². The SMILES string of the molecule is CCOc1cc(C=C2SC(=S)NC2=O)cc(Br)c1OCc1cccc2ccccc12. The molecule has 1 heterocycles. The molecular formula is C23H18BrNO3S2. The monoisotopic (exact) mass is 499 g/mol. The highest BCUT2D eigenvalue weighted by molar-refractivity contribution is 9.10. The molecule has 4 rings (SSSR count). The summed E-state index contributed by atoms with van der Waals surface area (Å²) in [6.45, 7) is 2.83. The molecule has 3 aromatic rings. The van der Waals surface area contributed by atoms with Crippen molar-refractivity contribution in [3.05, 3.63) is 75.1 Å². The number of carbonyl (C=O) groups excluding carboxylic acids is 1. The van der Waals surface area contributed by atoms with Gasteiger partial charge in [0.25, 0.3) is 5.91 Å². The molecule has 1 amide bonds. The van der Waals surface area contributed by atoms with Crippen molar-refractivity contribution in [2.45, 2.75) is 13.5 Å². The Hall–Kier alpha value is -2.35. The minimum Gasteiger partial charge on any atom is -0.490 e. The molecular weight excluding hydrogens is 482 g/mol. The zero-order valence-electron chi connectivity index (χ0n) is 16.1. The minimum absolute atomic E-state index is 0.185. The van der Waals surface area contributed by atoms with Crippen LogP contribution in [0.4, 0.5) is 0 Å². The van der Waals surface area contributed by atoms with Gasteiger partial charge >= 0.3 is 0 Å². The molecule has 1 fully saturated rings. The maximum atomic E-state index is 12.0. The van der Waals surface area contributed by atoms with Gasteiger partial charge in [0, 0.05) is 0 Å². The fourth-order valence-corrected chi connectivity index (χ4v) is 4.83. The molecule has 1 N–H and O–H groups in total. The molecule has 30 heavy (non-hydrogen) atoms. The summed E-state index contributed by atoms with van der Waals surface area (Å²) in [6.07, 6.45) is 1.79. The normalized spacial score (nSPS) is 14.9. The van der Waals surface area contributed by atoms with Crippen molar-refractivity contribution >= 4 is 67.0 Å². The number of nitrogens with one attached hydrogen (secondary N) is 1. The van der Waals surface area contributed by atoms with Gasteiger partial charge in [-0.25, -0.2) is 0 Å². The molecule has 0 aromatic heterocycles. The van der Waals surface area contributed by atoms with Crippen LogP contribution in [0.3, 0.4) is 0 Å². The molecule has 0 atom stereocenters. The summed E-state index contributed by atoms with van der Waals surface area (Å²) in [4.78, 5) is 12.5. The van der Waals surface area contributed by atoms with Crippen LogP contribution in [0.2, 0.25) is 0 Å². The molecule has 0 radical (unpaired) electrons. The van der Waals surface area contributed by atoms with Crippen molar-refractivity contribution in [3.8, 4) is 11.5 Å². The Balaban J connectivity index is 1.63. The number of thioether (sulfide) groups is 1. The second-order valence-corrected chi connectivity index (χ2v) is 9.12. The molecule has 0 saturated carbocycles. The summed E-state index contributed by atoms with van der Waals surface area (Å²) in [5.41, 5.74) is 1.92. The van der Waals surface area contributed by atoms with Crippen LogP contribution in [0.5, 0.6) is 11.5 Å². The fraction of sp³-hybridized carbons (Fsp3) is 0.130. The van der Waals surface area contributed by atoms with Gasteiger partial charge < -0.3 is 14.8 Å². The van der Waals surface area contributed by atoms with Gasteiger partial charge in [0.05, 0.1) is 16.0 Å². The summed E-state index contributed by atoms with van der Waals surface area (Å²) in [5.74, 6) is 1.06. The van der Waals surface area contributed by atoms with Crippen LogP contribution in [0.1, 0.15) is 18.1 Å². The first-order valence-corrected chi connectivity index (χ1v) is 11.4. The van der Waals surface area contributed by atoms with E-state index >= 15 is 0 Å². The lowest BCUT2D eigenvalue weighted by Crippen LogP contribution is -2.17. The highest BCUT2D eigenvalue weighted by Gasteiger charge is 2.22. The quantitative estimate of drug-likeness (QED) is 0.329. The number of carbonyl (C=O) groups is 1. The predicted molar refractivity (Wildman–Crippen MR) is 130 cm³/mol. The maximum Gasteiger partial charge on any atom is 0.263 e. The van der Waals surface area contributed by atoms with E-state index in [1.807, 2.05) is 37.3 Å². The zero-order chi connectivity index (χ0) is 21.1. The maximum absolute atomic E-state index is 12.0. The molecule has 152 valence electrons. The molecule has 0 bridgehead atoms. The second kappa shape index (κ2) is 9.20. The average molecular weight is 500 g/mol. The van der Waals surface area contributed by atoms with Gasteiger partial charge in [-0.05, 0) is 63.0 Å². The van der Waals surface area contributed by atoms with E-state index in [0.717, 1.165) is 21.0 Å². The Labute approximate surface area is 192 Å². The molecule has 0 spiro atoms. The molecule has 4 nitrogen and oxygen atoms in total. The van der Waals surface area contributed by atoms with Gasteiger partial charge in [-0.3, -0.25) is 4.79 Å². The number of ether oxygens (including phenoxy) is 2. The Morgan fingerprint density at radius 2 is 1.93 bits per heavy atom. The van der Waals surface area contributed by atoms with Crippen molar-refractivity contribution in [2.24, 2.45) is 0 Å². The van der Waals surface area contributed by atoms with Crippen LogP contribution in [-0.4, -0.2) is 16.8 Å². The summed E-state index contributed by atoms with van der Waals surface area (Å²) in [6, 6.07) is 18.2. The first kappa shape index (κ1) is 20.9. The lowest BCUT2D eigenvalue weighted by atomic mass is 10.1. The van der Waals surface area contributed by atoms with Crippen LogP contribution >= 0.6 is 39.9 Å². The highest BCUT2D eigenvalue weighted by atomic mass is 79.9. The van der Waals surface area contributed by atoms with Crippen molar-refractivity contribution < 1.29 is 14.3 Å². The number of hydrogen-bond acceptors (Lipinski definition) is 5. The van der Waals surface area contributed by atoms with E-state index in [1.165, 1.54) is 17.1 Å². The van der Waals surface area contributed by atoms with Crippen LogP contribution in [0.25, 0.3) is 16.8 Å². The second-order valence-electron chi connectivity index (χ2n) is 6.54. The molecule has 0 unspecified atom stereocenters. The van der Waals surface area contributed by atoms with Crippen LogP contribution in [0.15, 0.2) is 64.0 Å². The zero-order valence-corrected chi connectivity index (χ0v) is 19.3. The summed E-state index contributed by atoms with van der Waals surface area (Å²) >= 11 is 9.91. The number of halogens is 1. The number of rotatable bonds is 6. The Morgan fingerprint density at radius 1 is 1.13 bits per heavy atom. The predicted octanol–water partition coefficient (Wildman–Crippen LogP) is 6.07. The van der Waals surface area contributed by atoms with Crippen molar-refractivity contribution in [2.75, 3.05) is 6.61 Å². The molecule has 1 aliphatic rings. The Bertz CT molecular complexity index is 1170. The number of benzene rings is 3. The average Bonchev–Trinajstić information content (AvgIpc) is 3.04. The van der Waals surface area contributed by atoms with Crippen molar-refractivity contribution in [3.63, 3.8) is 0 Å². The first-order chi connectivity index (χ1) is 14.5. The molecule has 1 aliphatic heterocycles. The number of fused-ring (bicyclic) bond motifs is 1. The largest absolute Gasteiger partial charge is 0.490 e. The van der Waals surface area contributed by atoms with E-state index in [2.05, 4.69) is 45.5 Å². The minimum atomic E-state index is -0.185. The standard InChI is InChI=1S/C23H18BrNO3S2/c1-2-27-19-11-14(12-20-22(26)25-23(29)30-20)10-18(24)21(19)28-13-16-8-5-7-15-6-3-4-9-17(15)16/h3-12H,2,13H2,1H3,(H,25,26,29). The Kier molecular flexibility index (Phi) is 6.41. The molecule has 0 aliphatic carbocycles. The Morgan fingerprint density at radius 3 is 2.70 bits per heavy atom. The third-order valence-corrected chi connectivity index (χ3v) is 6.28. The van der Waals surface area contributed by atoms with Gasteiger partial charge in [-0.15, -0.1) is 0 Å². The smallest absolute Gasteiger partial charge is 0.263 e. The van der Waals surface area contributed by atoms with E-state index in [1.54, 1.807) is 6.08 Å². The van der Waals surface area contributed by atoms with Gasteiger partial charge in [0.15, 0.2) is 11.5 Å². The van der Waals surface area contributed by atoms with Gasteiger partial charge in [0.1, 0.15) is 10.9 Å². The van der Waals surface area contributed by atoms with Gasteiger partial charge in [-0.1, -0.05) is 66.4 Å². The lowest BCUT2D eigenvalue weighted by molar-refractivity contribution is -0.115. The van der Waals surface area contributed by atoms with Crippen LogP contribution in [0, 0.1) is 0 Å². The van der Waals surface area contributed by atoms with E-state index in [9.17, 15) is 4.79 Å². The third kappa shape index (κ3) is 4.53. The fourth-order valence-electron chi connectivity index (χ4n) is 3.21. The molecule has 1 saturated heterocycles. The van der Waals surface area contributed by atoms with Crippen LogP contribution in [-0.2, 0) is 11.4 Å². The van der Waals surface area contributed by atoms with E-state index in [-0.39, 0.29) is 5.91 Å². The number of hydrogen-bond donors (Lipinski definition) is 1. The third-order valence-electron chi connectivity index (χ3n) is 4.52. The van der Waals surface area contributed by atoms with E-state index in [4.69, 9.17) is 21.7 Å². The van der Waals surface area contributed by atoms with E-state index < -0.39 is 0 Å². The topological polar surface area (TPSA) is 47.6 Å². The molecule has 3 aromatic carbocycles. The first-order valence-electron chi connectivity index (χ1n) is 9.36. The molecule has 7 heteroatoms. The highest BCUT2D eigenvalue weighted by Crippen LogP contribution is 2.39. The summed E-state index contributed by atoms with van der Waals surface area (Å²) in [7, 11) is 0. The van der Waals surface area contributed by atoms with E-state index in [0.29, 0.717) is 33.9 Å². The lowest BCUT2D eigenvalue weighted by Gasteiger charge is -2.15.